The number of rotatable bonds is 10. The van der Waals surface area contributed by atoms with Crippen LogP contribution in [0.1, 0.15) is 71.1 Å². The van der Waals surface area contributed by atoms with Gasteiger partial charge in [0.2, 0.25) is 0 Å². The molecule has 0 amide bonds. The number of carbonyl (C=O) groups excluding carboxylic acids is 1. The molecular weight excluding hydrogens is 300 g/mol. The van der Waals surface area contributed by atoms with Crippen molar-refractivity contribution in [2.75, 3.05) is 0 Å². The van der Waals surface area contributed by atoms with Crippen LogP contribution in [0.4, 0.5) is 0 Å². The quantitative estimate of drug-likeness (QED) is 0.285. The van der Waals surface area contributed by atoms with E-state index >= 15 is 0 Å². The highest BCUT2D eigenvalue weighted by atomic mass is 16.6. The Morgan fingerprint density at radius 3 is 2.29 bits per heavy atom. The van der Waals surface area contributed by atoms with Gasteiger partial charge in [0.05, 0.1) is 5.92 Å². The highest BCUT2D eigenvalue weighted by Crippen LogP contribution is 2.26. The van der Waals surface area contributed by atoms with Crippen LogP contribution in [0.3, 0.4) is 0 Å². The first-order valence-corrected chi connectivity index (χ1v) is 9.12. The van der Waals surface area contributed by atoms with Gasteiger partial charge >= 0.3 is 5.97 Å². The van der Waals surface area contributed by atoms with Gasteiger partial charge in [0.25, 0.3) is 0 Å². The lowest BCUT2D eigenvalue weighted by molar-refractivity contribution is -0.143. The number of hydrogen-bond donors (Lipinski definition) is 1. The molecular formula is C21H30O3. The number of aliphatic hydroxyl groups excluding tert-OH is 1. The van der Waals surface area contributed by atoms with Gasteiger partial charge in [-0.05, 0) is 50.9 Å². The van der Waals surface area contributed by atoms with Crippen molar-refractivity contribution < 1.29 is 14.6 Å². The zero-order chi connectivity index (χ0) is 17.6. The normalized spacial score (nSPS) is 22.1. The Morgan fingerprint density at radius 2 is 1.71 bits per heavy atom. The van der Waals surface area contributed by atoms with Crippen molar-refractivity contribution in [2.45, 2.75) is 83.3 Å². The lowest BCUT2D eigenvalue weighted by Crippen LogP contribution is -2.24. The molecule has 1 saturated heterocycles. The molecule has 24 heavy (non-hydrogen) atoms. The van der Waals surface area contributed by atoms with E-state index in [9.17, 15) is 9.90 Å². The Morgan fingerprint density at radius 1 is 1.08 bits per heavy atom. The van der Waals surface area contributed by atoms with Crippen molar-refractivity contribution in [3.8, 4) is 23.7 Å². The van der Waals surface area contributed by atoms with Crippen LogP contribution < -0.4 is 0 Å². The van der Waals surface area contributed by atoms with E-state index in [-0.39, 0.29) is 18.0 Å². The van der Waals surface area contributed by atoms with Gasteiger partial charge in [0.1, 0.15) is 12.2 Å². The highest BCUT2D eigenvalue weighted by molar-refractivity contribution is 5.75. The van der Waals surface area contributed by atoms with Gasteiger partial charge in [-0.3, -0.25) is 4.79 Å². The maximum Gasteiger partial charge on any atom is 0.312 e. The van der Waals surface area contributed by atoms with E-state index in [1.165, 1.54) is 0 Å². The molecule has 1 aliphatic rings. The Labute approximate surface area is 146 Å². The molecule has 0 bridgehead atoms. The predicted molar refractivity (Wildman–Crippen MR) is 97.0 cm³/mol. The van der Waals surface area contributed by atoms with Crippen LogP contribution in [0, 0.1) is 29.6 Å². The minimum atomic E-state index is -0.640. The van der Waals surface area contributed by atoms with Gasteiger partial charge in [-0.15, -0.1) is 6.58 Å². The molecule has 0 aromatic heterocycles. The van der Waals surface area contributed by atoms with E-state index in [0.717, 1.165) is 57.8 Å². The van der Waals surface area contributed by atoms with Crippen LogP contribution in [0.2, 0.25) is 0 Å². The van der Waals surface area contributed by atoms with Crippen molar-refractivity contribution in [1.82, 2.24) is 0 Å². The SMILES string of the molecule is C=CCCCCC#CC#CCCCCCC[C@H]1C(=O)O[C@@H](C)[C@@H]1O. The third-order valence-corrected chi connectivity index (χ3v) is 4.26. The number of allylic oxidation sites excluding steroid dienone is 1. The lowest BCUT2D eigenvalue weighted by atomic mass is 9.95. The van der Waals surface area contributed by atoms with E-state index in [2.05, 4.69) is 30.3 Å². The fourth-order valence-corrected chi connectivity index (χ4v) is 2.74. The van der Waals surface area contributed by atoms with E-state index in [1.807, 2.05) is 6.08 Å². The summed E-state index contributed by atoms with van der Waals surface area (Å²) < 4.78 is 5.03. The average molecular weight is 330 g/mol. The number of cyclic esters (lactones) is 1. The maximum atomic E-state index is 11.5. The van der Waals surface area contributed by atoms with E-state index in [1.54, 1.807) is 6.92 Å². The van der Waals surface area contributed by atoms with E-state index < -0.39 is 6.10 Å². The fourth-order valence-electron chi connectivity index (χ4n) is 2.74. The number of hydrogen-bond acceptors (Lipinski definition) is 3. The van der Waals surface area contributed by atoms with Crippen molar-refractivity contribution in [3.05, 3.63) is 12.7 Å². The third-order valence-electron chi connectivity index (χ3n) is 4.26. The molecule has 0 saturated carbocycles. The summed E-state index contributed by atoms with van der Waals surface area (Å²) in [4.78, 5) is 11.5. The molecule has 0 aromatic rings. The van der Waals surface area contributed by atoms with Gasteiger partial charge in [0, 0.05) is 12.8 Å². The largest absolute Gasteiger partial charge is 0.460 e. The van der Waals surface area contributed by atoms with E-state index in [0.29, 0.717) is 6.42 Å². The zero-order valence-electron chi connectivity index (χ0n) is 14.9. The van der Waals surface area contributed by atoms with Crippen molar-refractivity contribution in [3.63, 3.8) is 0 Å². The molecule has 0 unspecified atom stereocenters. The molecule has 3 atom stereocenters. The summed E-state index contributed by atoms with van der Waals surface area (Å²) in [6.45, 7) is 5.44. The molecule has 132 valence electrons. The Kier molecular flexibility index (Phi) is 10.7. The summed E-state index contributed by atoms with van der Waals surface area (Å²) in [5, 5.41) is 9.85. The molecule has 0 spiro atoms. The van der Waals surface area contributed by atoms with Gasteiger partial charge in [-0.25, -0.2) is 0 Å². The van der Waals surface area contributed by atoms with Crippen LogP contribution in [0.25, 0.3) is 0 Å². The van der Waals surface area contributed by atoms with Crippen molar-refractivity contribution in [2.24, 2.45) is 5.92 Å². The van der Waals surface area contributed by atoms with Crippen molar-refractivity contribution >= 4 is 5.97 Å². The van der Waals surface area contributed by atoms with Gasteiger partial charge in [0.15, 0.2) is 0 Å². The second kappa shape index (κ2) is 12.7. The summed E-state index contributed by atoms with van der Waals surface area (Å²) >= 11 is 0. The molecule has 1 fully saturated rings. The number of carbonyl (C=O) groups is 1. The second-order valence-corrected chi connectivity index (χ2v) is 6.33. The number of ether oxygens (including phenoxy) is 1. The molecule has 0 radical (unpaired) electrons. The van der Waals surface area contributed by atoms with Gasteiger partial charge in [-0.2, -0.15) is 0 Å². The van der Waals surface area contributed by atoms with Crippen LogP contribution in [-0.4, -0.2) is 23.3 Å². The molecule has 3 heteroatoms. The molecule has 1 aliphatic heterocycles. The van der Waals surface area contributed by atoms with Crippen LogP contribution in [0.15, 0.2) is 12.7 Å². The van der Waals surface area contributed by atoms with Crippen LogP contribution >= 0.6 is 0 Å². The van der Waals surface area contributed by atoms with E-state index in [4.69, 9.17) is 4.74 Å². The monoisotopic (exact) mass is 330 g/mol. The minimum Gasteiger partial charge on any atom is -0.460 e. The molecule has 1 heterocycles. The third kappa shape index (κ3) is 8.23. The highest BCUT2D eigenvalue weighted by Gasteiger charge is 2.40. The molecule has 3 nitrogen and oxygen atoms in total. The smallest absolute Gasteiger partial charge is 0.312 e. The maximum absolute atomic E-state index is 11.5. The first kappa shape index (κ1) is 20.3. The molecule has 1 N–H and O–H groups in total. The van der Waals surface area contributed by atoms with Crippen LogP contribution in [0.5, 0.6) is 0 Å². The zero-order valence-corrected chi connectivity index (χ0v) is 14.9. The fraction of sp³-hybridized carbons (Fsp3) is 0.667. The Hall–Kier alpha value is -1.71. The average Bonchev–Trinajstić information content (AvgIpc) is 2.81. The summed E-state index contributed by atoms with van der Waals surface area (Å²) in [6, 6.07) is 0. The Bertz CT molecular complexity index is 501. The predicted octanol–water partition coefficient (Wildman–Crippen LogP) is 4.00. The summed E-state index contributed by atoms with van der Waals surface area (Å²) in [6.07, 6.45) is 10.9. The summed E-state index contributed by atoms with van der Waals surface area (Å²) in [5.74, 6) is 11.4. The topological polar surface area (TPSA) is 46.5 Å². The number of aliphatic hydroxyl groups is 1. The van der Waals surface area contributed by atoms with Gasteiger partial charge < -0.3 is 9.84 Å². The standard InChI is InChI=1S/C21H30O3/c1-3-4-5-6-7-8-9-10-11-12-13-14-15-16-17-19-20(22)18(2)24-21(19)23/h3,18-20,22H,1,4-7,12-17H2,2H3/t18-,19+,20-/m0/s1. The lowest BCUT2D eigenvalue weighted by Gasteiger charge is -2.11. The molecule has 0 aliphatic carbocycles. The number of esters is 1. The minimum absolute atomic E-state index is 0.246. The first-order valence-electron chi connectivity index (χ1n) is 9.12. The first-order chi connectivity index (χ1) is 11.7. The molecule has 1 rings (SSSR count). The van der Waals surface area contributed by atoms with Gasteiger partial charge in [-0.1, -0.05) is 37.2 Å². The number of unbranched alkanes of at least 4 members (excludes halogenated alkanes) is 7. The van der Waals surface area contributed by atoms with Crippen LogP contribution in [-0.2, 0) is 9.53 Å². The second-order valence-electron chi connectivity index (χ2n) is 6.33. The summed E-state index contributed by atoms with van der Waals surface area (Å²) in [7, 11) is 0. The molecule has 0 aromatic carbocycles. The Balaban J connectivity index is 1.98. The summed E-state index contributed by atoms with van der Waals surface area (Å²) in [5.41, 5.74) is 0. The van der Waals surface area contributed by atoms with Crippen molar-refractivity contribution in [1.29, 1.82) is 0 Å².